The lowest BCUT2D eigenvalue weighted by molar-refractivity contribution is 0.184. The maximum atomic E-state index is 9.46. The summed E-state index contributed by atoms with van der Waals surface area (Å²) in [5, 5.41) is 12.7. The van der Waals surface area contributed by atoms with Crippen LogP contribution in [0.5, 0.6) is 0 Å². The minimum absolute atomic E-state index is 0.417. The topological polar surface area (TPSA) is 45.0 Å². The Balaban J connectivity index is 2.30. The van der Waals surface area contributed by atoms with E-state index in [9.17, 15) is 5.26 Å². The van der Waals surface area contributed by atoms with Gasteiger partial charge in [-0.15, -0.1) is 0 Å². The maximum Gasteiger partial charge on any atom is 0.140 e. The van der Waals surface area contributed by atoms with Crippen molar-refractivity contribution in [2.75, 3.05) is 12.4 Å². The molecule has 2 aromatic carbocycles. The van der Waals surface area contributed by atoms with Crippen LogP contribution in [-0.2, 0) is 11.3 Å². The van der Waals surface area contributed by atoms with Crippen LogP contribution in [0.25, 0.3) is 0 Å². The number of rotatable bonds is 5. The van der Waals surface area contributed by atoms with Crippen LogP contribution >= 0.6 is 15.9 Å². The molecule has 0 radical (unpaired) electrons. The van der Waals surface area contributed by atoms with Crippen LogP contribution in [-0.4, -0.2) is 7.11 Å². The summed E-state index contributed by atoms with van der Waals surface area (Å²) < 4.78 is 6.13. The number of benzene rings is 2. The number of methoxy groups -OCH3 is 1. The van der Waals surface area contributed by atoms with Gasteiger partial charge in [0.05, 0.1) is 12.7 Å². The van der Waals surface area contributed by atoms with Gasteiger partial charge in [-0.25, -0.2) is 0 Å². The second kappa shape index (κ2) is 7.09. The molecule has 0 spiro atoms. The zero-order chi connectivity index (χ0) is 14.4. The molecule has 102 valence electrons. The molecule has 20 heavy (non-hydrogen) atoms. The van der Waals surface area contributed by atoms with Gasteiger partial charge in [-0.3, -0.25) is 0 Å². The number of hydrogen-bond acceptors (Lipinski definition) is 3. The molecule has 0 heterocycles. The number of nitriles is 1. The van der Waals surface area contributed by atoms with E-state index in [0.29, 0.717) is 6.61 Å². The summed E-state index contributed by atoms with van der Waals surface area (Å²) in [7, 11) is 1.65. The van der Waals surface area contributed by atoms with Gasteiger partial charge in [0.2, 0.25) is 0 Å². The Kier molecular flexibility index (Phi) is 5.16. The van der Waals surface area contributed by atoms with Crippen molar-refractivity contribution >= 4 is 21.6 Å². The zero-order valence-corrected chi connectivity index (χ0v) is 12.7. The van der Waals surface area contributed by atoms with Gasteiger partial charge >= 0.3 is 0 Å². The van der Waals surface area contributed by atoms with Gasteiger partial charge in [-0.1, -0.05) is 36.4 Å². The van der Waals surface area contributed by atoms with E-state index >= 15 is 0 Å². The molecule has 1 N–H and O–H groups in total. The first-order valence-corrected chi connectivity index (χ1v) is 7.03. The Bertz CT molecular complexity index is 622. The third-order valence-electron chi connectivity index (χ3n) is 2.97. The summed E-state index contributed by atoms with van der Waals surface area (Å²) in [4.78, 5) is 0. The Morgan fingerprint density at radius 3 is 2.60 bits per heavy atom. The minimum Gasteiger partial charge on any atom is -0.380 e. The molecule has 2 rings (SSSR count). The maximum absolute atomic E-state index is 9.46. The summed E-state index contributed by atoms with van der Waals surface area (Å²) in [6.07, 6.45) is 0. The zero-order valence-electron chi connectivity index (χ0n) is 11.1. The van der Waals surface area contributed by atoms with E-state index in [-0.39, 0.29) is 0 Å². The van der Waals surface area contributed by atoms with Crippen LogP contribution in [0.15, 0.2) is 53.0 Å². The molecule has 0 aromatic heterocycles. The summed E-state index contributed by atoms with van der Waals surface area (Å²) in [5.74, 6) is 0. The molecule has 0 bridgehead atoms. The van der Waals surface area contributed by atoms with Crippen LogP contribution in [0.2, 0.25) is 0 Å². The fourth-order valence-corrected chi connectivity index (χ4v) is 2.42. The number of anilines is 1. The van der Waals surface area contributed by atoms with Crippen molar-refractivity contribution < 1.29 is 4.74 Å². The highest BCUT2D eigenvalue weighted by Gasteiger charge is 2.15. The van der Waals surface area contributed by atoms with Crippen LogP contribution in [0.1, 0.15) is 17.2 Å². The smallest absolute Gasteiger partial charge is 0.140 e. The second-order valence-electron chi connectivity index (χ2n) is 4.32. The largest absolute Gasteiger partial charge is 0.380 e. The highest BCUT2D eigenvalue weighted by Crippen LogP contribution is 2.27. The fraction of sp³-hybridized carbons (Fsp3) is 0.188. The average molecular weight is 331 g/mol. The van der Waals surface area contributed by atoms with Crippen LogP contribution in [0.4, 0.5) is 5.69 Å². The van der Waals surface area contributed by atoms with Crippen molar-refractivity contribution in [1.82, 2.24) is 0 Å². The van der Waals surface area contributed by atoms with Gasteiger partial charge in [0.15, 0.2) is 0 Å². The van der Waals surface area contributed by atoms with E-state index in [2.05, 4.69) is 27.3 Å². The number of hydrogen-bond donors (Lipinski definition) is 1. The van der Waals surface area contributed by atoms with E-state index in [1.165, 1.54) is 0 Å². The molecular weight excluding hydrogens is 316 g/mol. The predicted octanol–water partition coefficient (Wildman–Crippen LogP) is 4.27. The SMILES string of the molecule is COCc1ccccc1C(C#N)Nc1ccccc1Br. The van der Waals surface area contributed by atoms with Gasteiger partial charge in [0.1, 0.15) is 6.04 Å². The average Bonchev–Trinajstić information content (AvgIpc) is 2.48. The highest BCUT2D eigenvalue weighted by atomic mass is 79.9. The number of ether oxygens (including phenoxy) is 1. The van der Waals surface area contributed by atoms with Crippen molar-refractivity contribution in [1.29, 1.82) is 5.26 Å². The van der Waals surface area contributed by atoms with E-state index in [1.807, 2.05) is 48.5 Å². The number of nitrogens with zero attached hydrogens (tertiary/aromatic N) is 1. The molecular formula is C16H15BrN2O. The molecule has 3 nitrogen and oxygen atoms in total. The van der Waals surface area contributed by atoms with Crippen LogP contribution in [0.3, 0.4) is 0 Å². The van der Waals surface area contributed by atoms with Gasteiger partial charge in [-0.05, 0) is 39.2 Å². The minimum atomic E-state index is -0.417. The normalized spacial score (nSPS) is 11.7. The molecule has 1 atom stereocenters. The van der Waals surface area contributed by atoms with Gasteiger partial charge in [-0.2, -0.15) is 5.26 Å². The van der Waals surface area contributed by atoms with Crippen molar-refractivity contribution in [3.8, 4) is 6.07 Å². The second-order valence-corrected chi connectivity index (χ2v) is 5.17. The molecule has 1 unspecified atom stereocenters. The fourth-order valence-electron chi connectivity index (χ4n) is 2.02. The molecule has 0 saturated heterocycles. The highest BCUT2D eigenvalue weighted by molar-refractivity contribution is 9.10. The van der Waals surface area contributed by atoms with Gasteiger partial charge in [0.25, 0.3) is 0 Å². The first-order chi connectivity index (χ1) is 9.76. The van der Waals surface area contributed by atoms with E-state index in [0.717, 1.165) is 21.3 Å². The molecule has 4 heteroatoms. The van der Waals surface area contributed by atoms with Crippen molar-refractivity contribution in [2.24, 2.45) is 0 Å². The van der Waals surface area contributed by atoms with Crippen molar-refractivity contribution in [3.05, 3.63) is 64.1 Å². The predicted molar refractivity (Wildman–Crippen MR) is 83.3 cm³/mol. The Morgan fingerprint density at radius 2 is 1.90 bits per heavy atom. The van der Waals surface area contributed by atoms with E-state index < -0.39 is 6.04 Å². The molecule has 0 aliphatic heterocycles. The van der Waals surface area contributed by atoms with Crippen LogP contribution in [0, 0.1) is 11.3 Å². The summed E-state index contributed by atoms with van der Waals surface area (Å²) in [6, 6.07) is 17.4. The molecule has 0 amide bonds. The molecule has 2 aromatic rings. The summed E-state index contributed by atoms with van der Waals surface area (Å²) in [6.45, 7) is 0.492. The number of para-hydroxylation sites is 1. The summed E-state index contributed by atoms with van der Waals surface area (Å²) >= 11 is 3.48. The van der Waals surface area contributed by atoms with Crippen molar-refractivity contribution in [2.45, 2.75) is 12.6 Å². The Labute approximate surface area is 127 Å². The number of halogens is 1. The van der Waals surface area contributed by atoms with Crippen molar-refractivity contribution in [3.63, 3.8) is 0 Å². The first-order valence-electron chi connectivity index (χ1n) is 6.23. The molecule has 0 fully saturated rings. The standard InChI is InChI=1S/C16H15BrN2O/c1-20-11-12-6-2-3-7-13(12)16(10-18)19-15-9-5-4-8-14(15)17/h2-9,16,19H,11H2,1H3. The first kappa shape index (κ1) is 14.6. The lowest BCUT2D eigenvalue weighted by Gasteiger charge is -2.17. The molecule has 0 aliphatic carbocycles. The quantitative estimate of drug-likeness (QED) is 0.890. The lowest BCUT2D eigenvalue weighted by atomic mass is 10.0. The molecule has 0 aliphatic rings. The van der Waals surface area contributed by atoms with Gasteiger partial charge < -0.3 is 10.1 Å². The third-order valence-corrected chi connectivity index (χ3v) is 3.66. The molecule has 0 saturated carbocycles. The van der Waals surface area contributed by atoms with E-state index in [1.54, 1.807) is 7.11 Å². The summed E-state index contributed by atoms with van der Waals surface area (Å²) in [5.41, 5.74) is 2.85. The lowest BCUT2D eigenvalue weighted by Crippen LogP contribution is -2.11. The number of nitrogens with one attached hydrogen (secondary N) is 1. The Hall–Kier alpha value is -1.83. The monoisotopic (exact) mass is 330 g/mol. The Morgan fingerprint density at radius 1 is 1.20 bits per heavy atom. The third kappa shape index (κ3) is 3.38. The van der Waals surface area contributed by atoms with E-state index in [4.69, 9.17) is 4.74 Å². The van der Waals surface area contributed by atoms with Gasteiger partial charge in [0, 0.05) is 17.3 Å². The van der Waals surface area contributed by atoms with Crippen LogP contribution < -0.4 is 5.32 Å².